The van der Waals surface area contributed by atoms with Gasteiger partial charge in [0.1, 0.15) is 5.69 Å². The van der Waals surface area contributed by atoms with Crippen molar-refractivity contribution >= 4 is 23.0 Å². The SMILES string of the molecule is O=C(Cc1ncc2ccc(CCCO)cn2c1=O)NCc1ccc(Cl)cc1. The van der Waals surface area contributed by atoms with Gasteiger partial charge in [0.25, 0.3) is 5.56 Å². The van der Waals surface area contributed by atoms with E-state index in [-0.39, 0.29) is 30.2 Å². The Bertz CT molecular complexity index is 1000. The number of hydrogen-bond donors (Lipinski definition) is 2. The molecule has 3 aromatic rings. The van der Waals surface area contributed by atoms with E-state index in [9.17, 15) is 9.59 Å². The summed E-state index contributed by atoms with van der Waals surface area (Å²) in [7, 11) is 0. The van der Waals surface area contributed by atoms with Crippen molar-refractivity contribution in [2.45, 2.75) is 25.8 Å². The van der Waals surface area contributed by atoms with Crippen LogP contribution in [0, 0.1) is 0 Å². The third-order valence-corrected chi connectivity index (χ3v) is 4.47. The summed E-state index contributed by atoms with van der Waals surface area (Å²) in [6, 6.07) is 10.9. The Morgan fingerprint density at radius 3 is 2.63 bits per heavy atom. The largest absolute Gasteiger partial charge is 0.396 e. The predicted octanol–water partition coefficient (Wildman–Crippen LogP) is 2.13. The first-order valence-electron chi connectivity index (χ1n) is 8.68. The van der Waals surface area contributed by atoms with E-state index in [1.165, 1.54) is 4.40 Å². The molecule has 0 spiro atoms. The Balaban J connectivity index is 1.71. The number of halogens is 1. The van der Waals surface area contributed by atoms with Gasteiger partial charge in [-0.25, -0.2) is 0 Å². The molecule has 1 amide bonds. The molecule has 0 aliphatic heterocycles. The van der Waals surface area contributed by atoms with Crippen molar-refractivity contribution in [2.24, 2.45) is 0 Å². The third-order valence-electron chi connectivity index (χ3n) is 4.21. The number of aliphatic hydroxyl groups is 1. The van der Waals surface area contributed by atoms with Crippen LogP contribution in [0.2, 0.25) is 5.02 Å². The number of hydrogen-bond acceptors (Lipinski definition) is 4. The summed E-state index contributed by atoms with van der Waals surface area (Å²) in [4.78, 5) is 29.0. The first-order valence-corrected chi connectivity index (χ1v) is 9.06. The Hall–Kier alpha value is -2.70. The van der Waals surface area contributed by atoms with Crippen LogP contribution >= 0.6 is 11.6 Å². The summed E-state index contributed by atoms with van der Waals surface area (Å²) in [5.41, 5.74) is 2.42. The van der Waals surface area contributed by atoms with Gasteiger partial charge in [0.05, 0.1) is 18.1 Å². The van der Waals surface area contributed by atoms with Gasteiger partial charge in [-0.2, -0.15) is 0 Å². The molecule has 2 aromatic heterocycles. The molecular formula is C20H20ClN3O3. The van der Waals surface area contributed by atoms with Crippen LogP contribution in [-0.2, 0) is 24.2 Å². The van der Waals surface area contributed by atoms with E-state index < -0.39 is 0 Å². The van der Waals surface area contributed by atoms with Gasteiger partial charge in [-0.15, -0.1) is 0 Å². The van der Waals surface area contributed by atoms with Crippen LogP contribution < -0.4 is 10.9 Å². The van der Waals surface area contributed by atoms with E-state index in [0.29, 0.717) is 29.9 Å². The van der Waals surface area contributed by atoms with E-state index in [0.717, 1.165) is 11.1 Å². The van der Waals surface area contributed by atoms with Crippen molar-refractivity contribution in [3.8, 4) is 0 Å². The highest BCUT2D eigenvalue weighted by molar-refractivity contribution is 6.30. The van der Waals surface area contributed by atoms with Crippen LogP contribution in [0.3, 0.4) is 0 Å². The molecule has 0 aliphatic rings. The molecule has 0 saturated heterocycles. The van der Waals surface area contributed by atoms with E-state index in [2.05, 4.69) is 10.3 Å². The second-order valence-corrected chi connectivity index (χ2v) is 6.69. The average Bonchev–Trinajstić information content (AvgIpc) is 2.68. The molecule has 0 bridgehead atoms. The number of nitrogens with zero attached hydrogens (tertiary/aromatic N) is 2. The molecule has 0 atom stereocenters. The van der Waals surface area contributed by atoms with Crippen molar-refractivity contribution in [1.29, 1.82) is 0 Å². The van der Waals surface area contributed by atoms with E-state index >= 15 is 0 Å². The lowest BCUT2D eigenvalue weighted by Crippen LogP contribution is -2.29. The van der Waals surface area contributed by atoms with E-state index in [4.69, 9.17) is 16.7 Å². The maximum atomic E-state index is 12.7. The molecule has 27 heavy (non-hydrogen) atoms. The van der Waals surface area contributed by atoms with Crippen molar-refractivity contribution in [3.05, 3.63) is 81.0 Å². The molecule has 0 fully saturated rings. The molecule has 0 radical (unpaired) electrons. The summed E-state index contributed by atoms with van der Waals surface area (Å²) in [5.74, 6) is -0.272. The number of pyridine rings is 1. The molecule has 3 rings (SSSR count). The third kappa shape index (κ3) is 4.93. The van der Waals surface area contributed by atoms with Gasteiger partial charge in [-0.1, -0.05) is 29.8 Å². The molecule has 6 nitrogen and oxygen atoms in total. The van der Waals surface area contributed by atoms with Gasteiger partial charge < -0.3 is 10.4 Å². The number of carbonyl (C=O) groups excluding carboxylic acids is 1. The highest BCUT2D eigenvalue weighted by Gasteiger charge is 2.11. The second-order valence-electron chi connectivity index (χ2n) is 6.25. The summed E-state index contributed by atoms with van der Waals surface area (Å²) in [5, 5.41) is 12.4. The summed E-state index contributed by atoms with van der Waals surface area (Å²) >= 11 is 5.84. The fraction of sp³-hybridized carbons (Fsp3) is 0.250. The second kappa shape index (κ2) is 8.79. The topological polar surface area (TPSA) is 83.7 Å². The fourth-order valence-corrected chi connectivity index (χ4v) is 2.87. The summed E-state index contributed by atoms with van der Waals surface area (Å²) in [6.45, 7) is 0.457. The van der Waals surface area contributed by atoms with Crippen molar-refractivity contribution in [1.82, 2.24) is 14.7 Å². The predicted molar refractivity (Wildman–Crippen MR) is 104 cm³/mol. The first-order chi connectivity index (χ1) is 13.1. The molecule has 7 heteroatoms. The number of fused-ring (bicyclic) bond motifs is 1. The molecule has 2 N–H and O–H groups in total. The lowest BCUT2D eigenvalue weighted by Gasteiger charge is -2.08. The number of nitrogens with one attached hydrogen (secondary N) is 1. The van der Waals surface area contributed by atoms with Crippen molar-refractivity contribution < 1.29 is 9.90 Å². The van der Waals surface area contributed by atoms with Crippen LogP contribution in [0.4, 0.5) is 0 Å². The number of rotatable bonds is 7. The Kier molecular flexibility index (Phi) is 6.21. The van der Waals surface area contributed by atoms with Crippen LogP contribution in [-0.4, -0.2) is 27.0 Å². The minimum Gasteiger partial charge on any atom is -0.396 e. The van der Waals surface area contributed by atoms with Gasteiger partial charge in [0.2, 0.25) is 5.91 Å². The minimum atomic E-state index is -0.306. The van der Waals surface area contributed by atoms with Gasteiger partial charge >= 0.3 is 0 Å². The zero-order chi connectivity index (χ0) is 19.2. The van der Waals surface area contributed by atoms with Crippen molar-refractivity contribution in [2.75, 3.05) is 6.61 Å². The number of aliphatic hydroxyl groups excluding tert-OH is 1. The van der Waals surface area contributed by atoms with Gasteiger partial charge in [-0.3, -0.25) is 19.0 Å². The molecule has 140 valence electrons. The number of amides is 1. The lowest BCUT2D eigenvalue weighted by molar-refractivity contribution is -0.120. The maximum absolute atomic E-state index is 12.7. The van der Waals surface area contributed by atoms with Gasteiger partial charge in [0, 0.05) is 24.4 Å². The van der Waals surface area contributed by atoms with Gasteiger partial charge in [0.15, 0.2) is 0 Å². The quantitative estimate of drug-likeness (QED) is 0.652. The normalized spacial score (nSPS) is 10.9. The van der Waals surface area contributed by atoms with Gasteiger partial charge in [-0.05, 0) is 42.2 Å². The van der Waals surface area contributed by atoms with E-state index in [1.807, 2.05) is 24.3 Å². The van der Waals surface area contributed by atoms with Crippen LogP contribution in [0.1, 0.15) is 23.2 Å². The van der Waals surface area contributed by atoms with E-state index in [1.54, 1.807) is 24.5 Å². The average molecular weight is 386 g/mol. The Labute approximate surface area is 161 Å². The molecular weight excluding hydrogens is 366 g/mol. The number of aromatic nitrogens is 2. The Morgan fingerprint density at radius 1 is 1.15 bits per heavy atom. The highest BCUT2D eigenvalue weighted by Crippen LogP contribution is 2.09. The molecule has 0 aliphatic carbocycles. The number of aryl methyl sites for hydroxylation is 1. The standard InChI is InChI=1S/C20H20ClN3O3/c21-16-6-3-14(4-7-16)11-23-19(26)10-18-20(27)24-13-15(2-1-9-25)5-8-17(24)12-22-18/h3-8,12-13,25H,1-2,9-11H2,(H,23,26). The van der Waals surface area contributed by atoms with Crippen LogP contribution in [0.5, 0.6) is 0 Å². The fourth-order valence-electron chi connectivity index (χ4n) is 2.75. The number of benzene rings is 1. The molecule has 0 saturated carbocycles. The smallest absolute Gasteiger partial charge is 0.277 e. The molecule has 2 heterocycles. The summed E-state index contributed by atoms with van der Waals surface area (Å²) in [6.07, 6.45) is 4.54. The minimum absolute atomic E-state index is 0.0871. The summed E-state index contributed by atoms with van der Waals surface area (Å²) < 4.78 is 1.50. The zero-order valence-corrected chi connectivity index (χ0v) is 15.4. The monoisotopic (exact) mass is 385 g/mol. The zero-order valence-electron chi connectivity index (χ0n) is 14.7. The van der Waals surface area contributed by atoms with Crippen LogP contribution in [0.25, 0.3) is 5.52 Å². The Morgan fingerprint density at radius 2 is 1.89 bits per heavy atom. The van der Waals surface area contributed by atoms with Crippen LogP contribution in [0.15, 0.2) is 53.6 Å². The maximum Gasteiger partial charge on any atom is 0.277 e. The highest BCUT2D eigenvalue weighted by atomic mass is 35.5. The lowest BCUT2D eigenvalue weighted by atomic mass is 10.1. The molecule has 1 aromatic carbocycles. The van der Waals surface area contributed by atoms with Crippen molar-refractivity contribution in [3.63, 3.8) is 0 Å². The number of carbonyl (C=O) groups is 1. The first kappa shape index (κ1) is 19.1. The molecule has 0 unspecified atom stereocenters.